The summed E-state index contributed by atoms with van der Waals surface area (Å²) in [6, 6.07) is 2.00. The molecule has 0 spiro atoms. The number of rotatable bonds is 10. The minimum absolute atomic E-state index is 0.0496. The third kappa shape index (κ3) is 8.90. The Balaban J connectivity index is 2.07. The molecule has 0 fully saturated rings. The second-order valence-electron chi connectivity index (χ2n) is 5.39. The van der Waals surface area contributed by atoms with E-state index in [0.29, 0.717) is 6.54 Å². The first-order valence-electron chi connectivity index (χ1n) is 7.94. The Labute approximate surface area is 128 Å². The van der Waals surface area contributed by atoms with Crippen LogP contribution in [-0.2, 0) is 18.4 Å². The molecule has 0 aliphatic heterocycles. The van der Waals surface area contributed by atoms with Gasteiger partial charge < -0.3 is 9.88 Å². The molecular weight excluding hydrogens is 260 g/mol. The Bertz CT molecular complexity index is 458. The molecule has 21 heavy (non-hydrogen) atoms. The number of carbonyl (C=O) groups is 1. The number of aromatic nitrogens is 1. The fourth-order valence-corrected chi connectivity index (χ4v) is 2.10. The van der Waals surface area contributed by atoms with Crippen molar-refractivity contribution in [2.24, 2.45) is 7.05 Å². The molecule has 0 atom stereocenters. The Morgan fingerprint density at radius 2 is 2.05 bits per heavy atom. The summed E-state index contributed by atoms with van der Waals surface area (Å²) in [5.41, 5.74) is 1.11. The molecule has 0 radical (unpaired) electrons. The highest BCUT2D eigenvalue weighted by Crippen LogP contribution is 2.05. The lowest BCUT2D eigenvalue weighted by Gasteiger charge is -1.98. The molecule has 0 aliphatic rings. The molecule has 0 bridgehead atoms. The van der Waals surface area contributed by atoms with E-state index >= 15 is 0 Å². The van der Waals surface area contributed by atoms with Gasteiger partial charge in [0.25, 0.3) is 0 Å². The maximum absolute atomic E-state index is 11.6. The molecule has 0 saturated carbocycles. The van der Waals surface area contributed by atoms with Gasteiger partial charge in [0.05, 0.1) is 0 Å². The monoisotopic (exact) mass is 288 g/mol. The Morgan fingerprint density at radius 1 is 1.24 bits per heavy atom. The van der Waals surface area contributed by atoms with Crippen LogP contribution in [0, 0.1) is 0 Å². The SMILES string of the molecule is CCCCCCC/C=C/C=C/C(=O)NCc1ccn(C)c1. The van der Waals surface area contributed by atoms with Gasteiger partial charge >= 0.3 is 0 Å². The number of nitrogens with one attached hydrogen (secondary N) is 1. The summed E-state index contributed by atoms with van der Waals surface area (Å²) in [7, 11) is 1.97. The van der Waals surface area contributed by atoms with Crippen LogP contribution in [0.2, 0.25) is 0 Å². The molecule has 1 aromatic rings. The van der Waals surface area contributed by atoms with Gasteiger partial charge in [-0.2, -0.15) is 0 Å². The van der Waals surface area contributed by atoms with E-state index in [4.69, 9.17) is 0 Å². The summed E-state index contributed by atoms with van der Waals surface area (Å²) in [6.07, 6.45) is 19.1. The number of amides is 1. The van der Waals surface area contributed by atoms with Gasteiger partial charge in [0, 0.05) is 32.1 Å². The molecular formula is C18H28N2O. The minimum atomic E-state index is -0.0496. The molecule has 0 aliphatic carbocycles. The molecule has 1 N–H and O–H groups in total. The summed E-state index contributed by atoms with van der Waals surface area (Å²) >= 11 is 0. The molecule has 1 amide bonds. The minimum Gasteiger partial charge on any atom is -0.357 e. The van der Waals surface area contributed by atoms with Crippen LogP contribution in [0.15, 0.2) is 42.8 Å². The van der Waals surface area contributed by atoms with Crippen molar-refractivity contribution in [3.05, 3.63) is 48.3 Å². The summed E-state index contributed by atoms with van der Waals surface area (Å²) in [4.78, 5) is 11.6. The van der Waals surface area contributed by atoms with Crippen LogP contribution in [0.25, 0.3) is 0 Å². The normalized spacial score (nSPS) is 11.5. The van der Waals surface area contributed by atoms with E-state index in [1.54, 1.807) is 6.08 Å². The predicted molar refractivity (Wildman–Crippen MR) is 88.9 cm³/mol. The number of nitrogens with zero attached hydrogens (tertiary/aromatic N) is 1. The summed E-state index contributed by atoms with van der Waals surface area (Å²) < 4.78 is 1.97. The number of aryl methyl sites for hydroxylation is 1. The van der Waals surface area contributed by atoms with E-state index < -0.39 is 0 Å². The van der Waals surface area contributed by atoms with Crippen molar-refractivity contribution in [3.8, 4) is 0 Å². The topological polar surface area (TPSA) is 34.0 Å². The molecule has 3 heteroatoms. The zero-order chi connectivity index (χ0) is 15.3. The number of carbonyl (C=O) groups excluding carboxylic acids is 1. The van der Waals surface area contributed by atoms with Gasteiger partial charge in [-0.25, -0.2) is 0 Å². The first-order chi connectivity index (χ1) is 10.2. The lowest BCUT2D eigenvalue weighted by molar-refractivity contribution is -0.116. The molecule has 1 rings (SSSR count). The van der Waals surface area contributed by atoms with Crippen LogP contribution >= 0.6 is 0 Å². The lowest BCUT2D eigenvalue weighted by Crippen LogP contribution is -2.19. The van der Waals surface area contributed by atoms with Crippen LogP contribution in [0.5, 0.6) is 0 Å². The maximum Gasteiger partial charge on any atom is 0.244 e. The fourth-order valence-electron chi connectivity index (χ4n) is 2.10. The third-order valence-corrected chi connectivity index (χ3v) is 3.33. The smallest absolute Gasteiger partial charge is 0.244 e. The number of allylic oxidation sites excluding steroid dienone is 3. The summed E-state index contributed by atoms with van der Waals surface area (Å²) in [6.45, 7) is 2.80. The van der Waals surface area contributed by atoms with Gasteiger partial charge in [-0.15, -0.1) is 0 Å². The highest BCUT2D eigenvalue weighted by atomic mass is 16.1. The van der Waals surface area contributed by atoms with Gasteiger partial charge in [0.15, 0.2) is 0 Å². The van der Waals surface area contributed by atoms with Crippen LogP contribution in [-0.4, -0.2) is 10.5 Å². The first-order valence-corrected chi connectivity index (χ1v) is 7.94. The molecule has 0 saturated heterocycles. The van der Waals surface area contributed by atoms with E-state index in [1.165, 1.54) is 32.1 Å². The predicted octanol–water partition coefficient (Wildman–Crippen LogP) is 4.11. The summed E-state index contributed by atoms with van der Waals surface area (Å²) in [5, 5.41) is 2.86. The highest BCUT2D eigenvalue weighted by Gasteiger charge is 1.96. The van der Waals surface area contributed by atoms with Gasteiger partial charge in [-0.3, -0.25) is 4.79 Å². The molecule has 0 unspecified atom stereocenters. The average Bonchev–Trinajstić information content (AvgIpc) is 2.89. The van der Waals surface area contributed by atoms with Crippen molar-refractivity contribution >= 4 is 5.91 Å². The number of unbranched alkanes of at least 4 members (excludes halogenated alkanes) is 5. The van der Waals surface area contributed by atoms with Crippen LogP contribution < -0.4 is 5.32 Å². The molecule has 0 aromatic carbocycles. The summed E-state index contributed by atoms with van der Waals surface area (Å²) in [5.74, 6) is -0.0496. The first kappa shape index (κ1) is 17.3. The molecule has 1 aromatic heterocycles. The second-order valence-corrected chi connectivity index (χ2v) is 5.39. The van der Waals surface area contributed by atoms with Gasteiger partial charge in [0.2, 0.25) is 5.91 Å². The fraction of sp³-hybridized carbons (Fsp3) is 0.500. The number of hydrogen-bond donors (Lipinski definition) is 1. The molecule has 116 valence electrons. The Morgan fingerprint density at radius 3 is 2.76 bits per heavy atom. The highest BCUT2D eigenvalue weighted by molar-refractivity contribution is 5.87. The van der Waals surface area contributed by atoms with E-state index in [9.17, 15) is 4.79 Å². The van der Waals surface area contributed by atoms with E-state index in [2.05, 4.69) is 18.3 Å². The van der Waals surface area contributed by atoms with Crippen molar-refractivity contribution < 1.29 is 4.79 Å². The van der Waals surface area contributed by atoms with E-state index in [-0.39, 0.29) is 5.91 Å². The third-order valence-electron chi connectivity index (χ3n) is 3.33. The van der Waals surface area contributed by atoms with Crippen LogP contribution in [0.4, 0.5) is 0 Å². The van der Waals surface area contributed by atoms with Crippen LogP contribution in [0.3, 0.4) is 0 Å². The van der Waals surface area contributed by atoms with Gasteiger partial charge in [0.1, 0.15) is 0 Å². The maximum atomic E-state index is 11.6. The van der Waals surface area contributed by atoms with Crippen molar-refractivity contribution in [1.29, 1.82) is 0 Å². The zero-order valence-corrected chi connectivity index (χ0v) is 13.3. The Hall–Kier alpha value is -1.77. The quantitative estimate of drug-likeness (QED) is 0.392. The average molecular weight is 288 g/mol. The lowest BCUT2D eigenvalue weighted by atomic mass is 10.1. The zero-order valence-electron chi connectivity index (χ0n) is 13.3. The Kier molecular flexibility index (Phi) is 9.01. The van der Waals surface area contributed by atoms with Crippen molar-refractivity contribution in [2.75, 3.05) is 0 Å². The van der Waals surface area contributed by atoms with Gasteiger partial charge in [-0.1, -0.05) is 50.8 Å². The second kappa shape index (κ2) is 11.0. The van der Waals surface area contributed by atoms with Crippen LogP contribution in [0.1, 0.15) is 51.0 Å². The van der Waals surface area contributed by atoms with Crippen molar-refractivity contribution in [3.63, 3.8) is 0 Å². The largest absolute Gasteiger partial charge is 0.357 e. The number of hydrogen-bond acceptors (Lipinski definition) is 1. The van der Waals surface area contributed by atoms with E-state index in [0.717, 1.165) is 12.0 Å². The van der Waals surface area contributed by atoms with Crippen molar-refractivity contribution in [2.45, 2.75) is 52.0 Å². The van der Waals surface area contributed by atoms with Crippen molar-refractivity contribution in [1.82, 2.24) is 9.88 Å². The van der Waals surface area contributed by atoms with Gasteiger partial charge in [-0.05, 0) is 24.5 Å². The van der Waals surface area contributed by atoms with E-state index in [1.807, 2.05) is 42.2 Å². The molecule has 3 nitrogen and oxygen atoms in total. The molecule has 1 heterocycles. The standard InChI is InChI=1S/C18H28N2O/c1-3-4-5-6-7-8-9-10-11-12-18(21)19-15-17-13-14-20(2)16-17/h9-14,16H,3-8,15H2,1-2H3,(H,19,21)/b10-9+,12-11+.